The van der Waals surface area contributed by atoms with Gasteiger partial charge in [0.25, 0.3) is 0 Å². The zero-order valence-corrected chi connectivity index (χ0v) is 5.94. The van der Waals surface area contributed by atoms with Gasteiger partial charge in [-0.3, -0.25) is 4.98 Å². The summed E-state index contributed by atoms with van der Waals surface area (Å²) in [7, 11) is 0. The van der Waals surface area contributed by atoms with E-state index in [0.717, 1.165) is 12.1 Å². The minimum Gasteiger partial charge on any atom is -0.259 e. The third kappa shape index (κ3) is 1.42. The van der Waals surface area contributed by atoms with E-state index in [1.165, 1.54) is 0 Å². The molecule has 1 aromatic rings. The number of hydrogen-bond acceptors (Lipinski definition) is 1. The summed E-state index contributed by atoms with van der Waals surface area (Å²) in [6.45, 7) is 2.02. The van der Waals surface area contributed by atoms with Gasteiger partial charge in [0, 0.05) is 12.3 Å². The van der Waals surface area contributed by atoms with Crippen molar-refractivity contribution in [3.63, 3.8) is 0 Å². The number of aryl methyl sites for hydroxylation is 1. The molecule has 0 saturated carbocycles. The van der Waals surface area contributed by atoms with Crippen LogP contribution in [0.15, 0.2) is 12.3 Å². The molecule has 47 valence electrons. The van der Waals surface area contributed by atoms with Gasteiger partial charge in [-0.05, 0) is 12.5 Å². The molecule has 0 bridgehead atoms. The number of hydrogen-bond donors (Lipinski definition) is 0. The minimum absolute atomic E-state index is 0.708. The molecule has 0 aliphatic rings. The Morgan fingerprint density at radius 2 is 2.56 bits per heavy atom. The quantitative estimate of drug-likeness (QED) is 0.582. The second-order valence-electron chi connectivity index (χ2n) is 1.72. The number of pyridine rings is 1. The first-order valence-corrected chi connectivity index (χ1v) is 3.23. The van der Waals surface area contributed by atoms with Gasteiger partial charge in [-0.25, -0.2) is 0 Å². The SMILES string of the molecule is CCc1nc[c]cc1Cl. The molecule has 9 heavy (non-hydrogen) atoms. The van der Waals surface area contributed by atoms with E-state index in [9.17, 15) is 0 Å². The maximum atomic E-state index is 5.73. The summed E-state index contributed by atoms with van der Waals surface area (Å²) in [5, 5.41) is 0.708. The molecule has 0 saturated heterocycles. The number of rotatable bonds is 1. The van der Waals surface area contributed by atoms with Crippen molar-refractivity contribution >= 4 is 11.6 Å². The molecule has 0 aliphatic heterocycles. The molecule has 0 spiro atoms. The molecule has 1 aromatic heterocycles. The monoisotopic (exact) mass is 140 g/mol. The minimum atomic E-state index is 0.708. The first-order valence-electron chi connectivity index (χ1n) is 2.85. The molecule has 0 atom stereocenters. The van der Waals surface area contributed by atoms with Crippen LogP contribution in [-0.4, -0.2) is 4.98 Å². The first-order chi connectivity index (χ1) is 4.34. The van der Waals surface area contributed by atoms with Crippen molar-refractivity contribution in [2.45, 2.75) is 13.3 Å². The molecule has 0 amide bonds. The molecule has 0 fully saturated rings. The summed E-state index contributed by atoms with van der Waals surface area (Å²) >= 11 is 5.73. The van der Waals surface area contributed by atoms with Crippen molar-refractivity contribution in [3.05, 3.63) is 29.0 Å². The molecule has 1 heterocycles. The van der Waals surface area contributed by atoms with Crippen LogP contribution in [0.4, 0.5) is 0 Å². The van der Waals surface area contributed by atoms with Gasteiger partial charge in [-0.2, -0.15) is 0 Å². The summed E-state index contributed by atoms with van der Waals surface area (Å²) in [5.74, 6) is 0. The zero-order chi connectivity index (χ0) is 6.69. The smallest absolute Gasteiger partial charge is 0.0627 e. The topological polar surface area (TPSA) is 12.9 Å². The molecule has 0 unspecified atom stereocenters. The highest BCUT2D eigenvalue weighted by Crippen LogP contribution is 2.11. The molecular weight excluding hydrogens is 134 g/mol. The van der Waals surface area contributed by atoms with Gasteiger partial charge in [-0.1, -0.05) is 18.5 Å². The van der Waals surface area contributed by atoms with Crippen molar-refractivity contribution in [3.8, 4) is 0 Å². The van der Waals surface area contributed by atoms with E-state index in [1.54, 1.807) is 12.3 Å². The summed E-state index contributed by atoms with van der Waals surface area (Å²) < 4.78 is 0. The summed E-state index contributed by atoms with van der Waals surface area (Å²) in [5.41, 5.74) is 0.940. The van der Waals surface area contributed by atoms with Crippen LogP contribution >= 0.6 is 11.6 Å². The Bertz CT molecular complexity index is 198. The Hall–Kier alpha value is -0.560. The Balaban J connectivity index is 3.01. The molecule has 0 aliphatic carbocycles. The Morgan fingerprint density at radius 1 is 1.78 bits per heavy atom. The lowest BCUT2D eigenvalue weighted by Gasteiger charge is -1.94. The van der Waals surface area contributed by atoms with Crippen molar-refractivity contribution in [1.82, 2.24) is 4.98 Å². The Morgan fingerprint density at radius 3 is 3.00 bits per heavy atom. The van der Waals surface area contributed by atoms with Crippen molar-refractivity contribution in [2.75, 3.05) is 0 Å². The third-order valence-corrected chi connectivity index (χ3v) is 1.44. The standard InChI is InChI=1S/C7H7ClN/c1-2-7-6(8)4-3-5-9-7/h4-5H,2H2,1H3. The predicted octanol–water partition coefficient (Wildman–Crippen LogP) is 2.10. The molecule has 1 radical (unpaired) electrons. The maximum absolute atomic E-state index is 5.73. The van der Waals surface area contributed by atoms with Crippen LogP contribution in [0.1, 0.15) is 12.6 Å². The fourth-order valence-electron chi connectivity index (χ4n) is 0.631. The van der Waals surface area contributed by atoms with Crippen LogP contribution in [-0.2, 0) is 6.42 Å². The summed E-state index contributed by atoms with van der Waals surface area (Å²) in [6.07, 6.45) is 2.51. The van der Waals surface area contributed by atoms with Crippen LogP contribution in [0.2, 0.25) is 5.02 Å². The van der Waals surface area contributed by atoms with E-state index < -0.39 is 0 Å². The molecule has 0 N–H and O–H groups in total. The lowest BCUT2D eigenvalue weighted by Crippen LogP contribution is -1.85. The van der Waals surface area contributed by atoms with Crippen LogP contribution in [0, 0.1) is 6.07 Å². The van der Waals surface area contributed by atoms with E-state index in [-0.39, 0.29) is 0 Å². The average Bonchev–Trinajstić information content (AvgIpc) is 1.89. The predicted molar refractivity (Wildman–Crippen MR) is 37.5 cm³/mol. The van der Waals surface area contributed by atoms with E-state index in [2.05, 4.69) is 11.1 Å². The van der Waals surface area contributed by atoms with Gasteiger partial charge in [-0.15, -0.1) is 0 Å². The highest BCUT2D eigenvalue weighted by Gasteiger charge is 1.94. The van der Waals surface area contributed by atoms with E-state index in [0.29, 0.717) is 5.02 Å². The van der Waals surface area contributed by atoms with Gasteiger partial charge >= 0.3 is 0 Å². The van der Waals surface area contributed by atoms with Gasteiger partial charge in [0.2, 0.25) is 0 Å². The molecule has 1 rings (SSSR count). The maximum Gasteiger partial charge on any atom is 0.0627 e. The van der Waals surface area contributed by atoms with Crippen molar-refractivity contribution in [2.24, 2.45) is 0 Å². The van der Waals surface area contributed by atoms with Crippen LogP contribution in [0.5, 0.6) is 0 Å². The highest BCUT2D eigenvalue weighted by atomic mass is 35.5. The average molecular weight is 141 g/mol. The zero-order valence-electron chi connectivity index (χ0n) is 5.19. The first kappa shape index (κ1) is 6.56. The molecular formula is C7H7ClN. The summed E-state index contributed by atoms with van der Waals surface area (Å²) in [4.78, 5) is 4.01. The fourth-order valence-corrected chi connectivity index (χ4v) is 0.876. The number of halogens is 1. The second-order valence-corrected chi connectivity index (χ2v) is 2.12. The van der Waals surface area contributed by atoms with E-state index in [4.69, 9.17) is 11.6 Å². The Kier molecular flexibility index (Phi) is 2.06. The van der Waals surface area contributed by atoms with Gasteiger partial charge in [0.1, 0.15) is 0 Å². The number of aromatic nitrogens is 1. The highest BCUT2D eigenvalue weighted by molar-refractivity contribution is 6.31. The Labute approximate surface area is 59.7 Å². The third-order valence-electron chi connectivity index (χ3n) is 1.12. The van der Waals surface area contributed by atoms with E-state index >= 15 is 0 Å². The molecule has 0 aromatic carbocycles. The number of nitrogens with zero attached hydrogens (tertiary/aromatic N) is 1. The van der Waals surface area contributed by atoms with E-state index in [1.807, 2.05) is 6.92 Å². The van der Waals surface area contributed by atoms with Gasteiger partial charge in [0.05, 0.1) is 10.7 Å². The lowest BCUT2D eigenvalue weighted by atomic mass is 10.3. The van der Waals surface area contributed by atoms with Crippen LogP contribution in [0.25, 0.3) is 0 Å². The van der Waals surface area contributed by atoms with Gasteiger partial charge < -0.3 is 0 Å². The fraction of sp³-hybridized carbons (Fsp3) is 0.286. The largest absolute Gasteiger partial charge is 0.259 e. The van der Waals surface area contributed by atoms with Crippen molar-refractivity contribution in [1.29, 1.82) is 0 Å². The second kappa shape index (κ2) is 2.83. The van der Waals surface area contributed by atoms with Crippen LogP contribution < -0.4 is 0 Å². The normalized spacial score (nSPS) is 9.56. The van der Waals surface area contributed by atoms with Crippen LogP contribution in [0.3, 0.4) is 0 Å². The van der Waals surface area contributed by atoms with Gasteiger partial charge in [0.15, 0.2) is 0 Å². The lowest BCUT2D eigenvalue weighted by molar-refractivity contribution is 1.03. The molecule has 1 nitrogen and oxygen atoms in total. The molecule has 2 heteroatoms. The van der Waals surface area contributed by atoms with Crippen molar-refractivity contribution < 1.29 is 0 Å². The summed E-state index contributed by atoms with van der Waals surface area (Å²) in [6, 6.07) is 4.52.